The standard InChI is InChI=1S/C17H21N3O3/c1-10-6-11(2)16(12(3)7-10)18-14(21)8-20-15(22)9-19(17(20)23)13-4-5-13/h6-7,13H,4-5,8-9H2,1-3H3,(H,18,21). The highest BCUT2D eigenvalue weighted by atomic mass is 16.2. The highest BCUT2D eigenvalue weighted by Gasteiger charge is 2.44. The summed E-state index contributed by atoms with van der Waals surface area (Å²) in [4.78, 5) is 39.1. The van der Waals surface area contributed by atoms with E-state index in [-0.39, 0.29) is 37.0 Å². The number of carbonyl (C=O) groups excluding carboxylic acids is 3. The summed E-state index contributed by atoms with van der Waals surface area (Å²) in [6.07, 6.45) is 1.89. The summed E-state index contributed by atoms with van der Waals surface area (Å²) in [5, 5.41) is 2.83. The van der Waals surface area contributed by atoms with Gasteiger partial charge in [0.05, 0.1) is 0 Å². The molecular weight excluding hydrogens is 294 g/mol. The number of nitrogens with one attached hydrogen (secondary N) is 1. The zero-order chi connectivity index (χ0) is 16.7. The van der Waals surface area contributed by atoms with E-state index in [1.54, 1.807) is 4.90 Å². The van der Waals surface area contributed by atoms with Crippen LogP contribution in [0.2, 0.25) is 0 Å². The first-order valence-corrected chi connectivity index (χ1v) is 7.85. The van der Waals surface area contributed by atoms with E-state index in [1.165, 1.54) is 0 Å². The molecule has 1 N–H and O–H groups in total. The van der Waals surface area contributed by atoms with Gasteiger partial charge in [-0.25, -0.2) is 4.79 Å². The van der Waals surface area contributed by atoms with E-state index in [2.05, 4.69) is 5.32 Å². The van der Waals surface area contributed by atoms with Crippen LogP contribution in [0.5, 0.6) is 0 Å². The molecule has 1 saturated carbocycles. The van der Waals surface area contributed by atoms with Gasteiger partial charge in [0.1, 0.15) is 13.1 Å². The maximum Gasteiger partial charge on any atom is 0.327 e. The molecule has 3 rings (SSSR count). The van der Waals surface area contributed by atoms with Crippen molar-refractivity contribution in [1.82, 2.24) is 9.80 Å². The van der Waals surface area contributed by atoms with Crippen molar-refractivity contribution in [1.29, 1.82) is 0 Å². The predicted octanol–water partition coefficient (Wildman–Crippen LogP) is 1.98. The van der Waals surface area contributed by atoms with Gasteiger partial charge < -0.3 is 10.2 Å². The molecule has 0 radical (unpaired) electrons. The Morgan fingerprint density at radius 2 is 1.78 bits per heavy atom. The van der Waals surface area contributed by atoms with Gasteiger partial charge in [0, 0.05) is 11.7 Å². The van der Waals surface area contributed by atoms with Gasteiger partial charge in [-0.1, -0.05) is 17.7 Å². The zero-order valence-electron chi connectivity index (χ0n) is 13.7. The Morgan fingerprint density at radius 1 is 1.17 bits per heavy atom. The molecule has 6 nitrogen and oxygen atoms in total. The molecule has 122 valence electrons. The molecule has 1 aromatic carbocycles. The second-order valence-corrected chi connectivity index (χ2v) is 6.44. The fourth-order valence-corrected chi connectivity index (χ4v) is 3.09. The van der Waals surface area contributed by atoms with Crippen LogP contribution < -0.4 is 5.32 Å². The second kappa shape index (κ2) is 5.68. The SMILES string of the molecule is Cc1cc(C)c(NC(=O)CN2C(=O)CN(C3CC3)C2=O)c(C)c1. The topological polar surface area (TPSA) is 69.7 Å². The first kappa shape index (κ1) is 15.5. The minimum atomic E-state index is -0.348. The van der Waals surface area contributed by atoms with Crippen LogP contribution in [0.1, 0.15) is 29.5 Å². The number of hydrogen-bond acceptors (Lipinski definition) is 3. The Hall–Kier alpha value is -2.37. The van der Waals surface area contributed by atoms with Crippen molar-refractivity contribution in [3.63, 3.8) is 0 Å². The van der Waals surface area contributed by atoms with Crippen molar-refractivity contribution in [3.05, 3.63) is 28.8 Å². The number of carbonyl (C=O) groups is 3. The van der Waals surface area contributed by atoms with Gasteiger partial charge in [0.2, 0.25) is 5.91 Å². The van der Waals surface area contributed by atoms with E-state index >= 15 is 0 Å². The predicted molar refractivity (Wildman–Crippen MR) is 86.1 cm³/mol. The molecule has 1 aliphatic heterocycles. The summed E-state index contributed by atoms with van der Waals surface area (Å²) in [5.41, 5.74) is 3.81. The minimum absolute atomic E-state index is 0.0966. The van der Waals surface area contributed by atoms with E-state index in [4.69, 9.17) is 0 Å². The van der Waals surface area contributed by atoms with Crippen LogP contribution in [0.15, 0.2) is 12.1 Å². The van der Waals surface area contributed by atoms with Crippen molar-refractivity contribution in [2.45, 2.75) is 39.7 Å². The smallest absolute Gasteiger partial charge is 0.324 e. The van der Waals surface area contributed by atoms with Gasteiger partial charge in [-0.3, -0.25) is 14.5 Å². The lowest BCUT2D eigenvalue weighted by Crippen LogP contribution is -2.39. The third-order valence-electron chi connectivity index (χ3n) is 4.31. The van der Waals surface area contributed by atoms with Gasteiger partial charge >= 0.3 is 6.03 Å². The Labute approximate surface area is 135 Å². The van der Waals surface area contributed by atoms with Crippen LogP contribution in [-0.4, -0.2) is 46.8 Å². The fraction of sp³-hybridized carbons (Fsp3) is 0.471. The van der Waals surface area contributed by atoms with Crippen molar-refractivity contribution < 1.29 is 14.4 Å². The lowest BCUT2D eigenvalue weighted by molar-refractivity contribution is -0.129. The number of aryl methyl sites for hydroxylation is 3. The van der Waals surface area contributed by atoms with Gasteiger partial charge in [-0.2, -0.15) is 0 Å². The Bertz CT molecular complexity index is 671. The average molecular weight is 315 g/mol. The van der Waals surface area contributed by atoms with E-state index in [0.29, 0.717) is 0 Å². The summed E-state index contributed by atoms with van der Waals surface area (Å²) in [7, 11) is 0. The Balaban J connectivity index is 1.68. The van der Waals surface area contributed by atoms with Gasteiger partial charge in [0.25, 0.3) is 5.91 Å². The maximum absolute atomic E-state index is 12.3. The molecule has 0 atom stereocenters. The molecule has 2 aliphatic rings. The van der Waals surface area contributed by atoms with Crippen LogP contribution in [0.25, 0.3) is 0 Å². The normalized spacial score (nSPS) is 17.9. The van der Waals surface area contributed by atoms with Crippen LogP contribution >= 0.6 is 0 Å². The molecule has 1 aliphatic carbocycles. The third-order valence-corrected chi connectivity index (χ3v) is 4.31. The van der Waals surface area contributed by atoms with Gasteiger partial charge in [-0.05, 0) is 44.7 Å². The quantitative estimate of drug-likeness (QED) is 0.864. The van der Waals surface area contributed by atoms with Gasteiger partial charge in [-0.15, -0.1) is 0 Å². The number of rotatable bonds is 4. The van der Waals surface area contributed by atoms with Crippen molar-refractivity contribution in [2.75, 3.05) is 18.4 Å². The molecule has 1 aromatic rings. The monoisotopic (exact) mass is 315 g/mol. The summed E-state index contributed by atoms with van der Waals surface area (Å²) in [5.74, 6) is -0.645. The highest BCUT2D eigenvalue weighted by molar-refractivity contribution is 6.06. The van der Waals surface area contributed by atoms with Crippen molar-refractivity contribution in [3.8, 4) is 0 Å². The van der Waals surface area contributed by atoms with Crippen LogP contribution in [0.4, 0.5) is 10.5 Å². The maximum atomic E-state index is 12.3. The van der Waals surface area contributed by atoms with E-state index in [0.717, 1.165) is 40.1 Å². The summed E-state index contributed by atoms with van der Waals surface area (Å²) in [6, 6.07) is 3.82. The minimum Gasteiger partial charge on any atom is -0.324 e. The molecule has 0 spiro atoms. The third kappa shape index (κ3) is 3.06. The molecule has 6 heteroatoms. The fourth-order valence-electron chi connectivity index (χ4n) is 3.09. The van der Waals surface area contributed by atoms with E-state index < -0.39 is 0 Å². The number of hydrogen-bond donors (Lipinski definition) is 1. The Kier molecular flexibility index (Phi) is 3.83. The van der Waals surface area contributed by atoms with Gasteiger partial charge in [0.15, 0.2) is 0 Å². The summed E-state index contributed by atoms with van der Waals surface area (Å²) >= 11 is 0. The average Bonchev–Trinajstić information content (AvgIpc) is 3.25. The molecular formula is C17H21N3O3. The first-order valence-electron chi connectivity index (χ1n) is 7.85. The first-order chi connectivity index (χ1) is 10.9. The van der Waals surface area contributed by atoms with Crippen LogP contribution in [-0.2, 0) is 9.59 Å². The highest BCUT2D eigenvalue weighted by Crippen LogP contribution is 2.30. The lowest BCUT2D eigenvalue weighted by Gasteiger charge is -2.17. The zero-order valence-corrected chi connectivity index (χ0v) is 13.7. The molecule has 2 fully saturated rings. The number of imide groups is 1. The number of anilines is 1. The number of amides is 4. The molecule has 4 amide bonds. The van der Waals surface area contributed by atoms with Crippen LogP contribution in [0, 0.1) is 20.8 Å². The number of nitrogens with zero attached hydrogens (tertiary/aromatic N) is 2. The molecule has 1 saturated heterocycles. The summed E-state index contributed by atoms with van der Waals surface area (Å²) in [6.45, 7) is 5.72. The van der Waals surface area contributed by atoms with Crippen molar-refractivity contribution in [2.24, 2.45) is 0 Å². The largest absolute Gasteiger partial charge is 0.327 e. The molecule has 0 bridgehead atoms. The lowest BCUT2D eigenvalue weighted by atomic mass is 10.1. The molecule has 0 unspecified atom stereocenters. The number of urea groups is 1. The van der Waals surface area contributed by atoms with Crippen molar-refractivity contribution >= 4 is 23.5 Å². The molecule has 0 aromatic heterocycles. The Morgan fingerprint density at radius 3 is 2.35 bits per heavy atom. The second-order valence-electron chi connectivity index (χ2n) is 6.44. The van der Waals surface area contributed by atoms with E-state index in [9.17, 15) is 14.4 Å². The van der Waals surface area contributed by atoms with E-state index in [1.807, 2.05) is 32.9 Å². The van der Waals surface area contributed by atoms with Crippen LogP contribution in [0.3, 0.4) is 0 Å². The number of benzene rings is 1. The molecule has 1 heterocycles. The molecule has 23 heavy (non-hydrogen) atoms. The summed E-state index contributed by atoms with van der Waals surface area (Å²) < 4.78 is 0.